The van der Waals surface area contributed by atoms with Gasteiger partial charge < -0.3 is 10.1 Å². The Morgan fingerprint density at radius 1 is 1.12 bits per heavy atom. The van der Waals surface area contributed by atoms with Crippen molar-refractivity contribution in [2.75, 3.05) is 18.5 Å². The molecule has 170 valence electrons. The summed E-state index contributed by atoms with van der Waals surface area (Å²) in [6.45, 7) is 12.0. The van der Waals surface area contributed by atoms with Crippen molar-refractivity contribution in [2.45, 2.75) is 46.7 Å². The lowest BCUT2D eigenvalue weighted by Gasteiger charge is -2.30. The third-order valence-electron chi connectivity index (χ3n) is 5.13. The van der Waals surface area contributed by atoms with Crippen molar-refractivity contribution in [1.82, 2.24) is 9.88 Å². The number of rotatable bonds is 9. The Bertz CT molecular complexity index is 1040. The summed E-state index contributed by atoms with van der Waals surface area (Å²) in [5.41, 5.74) is 2.33. The number of amides is 1. The molecule has 0 fully saturated rings. The van der Waals surface area contributed by atoms with Gasteiger partial charge in [0, 0.05) is 41.0 Å². The molecule has 0 aliphatic carbocycles. The number of hydrogen-bond donors (Lipinski definition) is 1. The zero-order chi connectivity index (χ0) is 23.3. The van der Waals surface area contributed by atoms with E-state index in [1.54, 1.807) is 0 Å². The first-order valence-corrected chi connectivity index (χ1v) is 12.0. The van der Waals surface area contributed by atoms with E-state index < -0.39 is 0 Å². The molecule has 5 nitrogen and oxygen atoms in total. The number of ether oxygens (including phenoxy) is 1. The molecule has 0 saturated heterocycles. The maximum absolute atomic E-state index is 12.9. The third-order valence-corrected chi connectivity index (χ3v) is 6.59. The SMILES string of the molecule is Cc1nc(-c2ccc(Cl)cc2)sc1C(=O)Nc1cccc(OCCN(C(C)C)C(C)C)c1. The molecule has 1 heterocycles. The Morgan fingerprint density at radius 2 is 1.81 bits per heavy atom. The Morgan fingerprint density at radius 3 is 2.47 bits per heavy atom. The number of halogens is 1. The first-order chi connectivity index (χ1) is 15.2. The van der Waals surface area contributed by atoms with Gasteiger partial charge in [-0.3, -0.25) is 9.69 Å². The average Bonchev–Trinajstić information content (AvgIpc) is 3.13. The van der Waals surface area contributed by atoms with Crippen LogP contribution in [0.15, 0.2) is 48.5 Å². The van der Waals surface area contributed by atoms with Gasteiger partial charge in [0.2, 0.25) is 0 Å². The van der Waals surface area contributed by atoms with Gasteiger partial charge in [-0.05, 0) is 58.9 Å². The molecule has 1 amide bonds. The van der Waals surface area contributed by atoms with Crippen LogP contribution in [0.5, 0.6) is 5.75 Å². The number of nitrogens with one attached hydrogen (secondary N) is 1. The summed E-state index contributed by atoms with van der Waals surface area (Å²) in [5, 5.41) is 4.43. The van der Waals surface area contributed by atoms with Crippen LogP contribution in [0.2, 0.25) is 5.02 Å². The molecule has 7 heteroatoms. The zero-order valence-electron chi connectivity index (χ0n) is 19.2. The molecule has 0 unspecified atom stereocenters. The maximum atomic E-state index is 12.9. The van der Waals surface area contributed by atoms with E-state index in [4.69, 9.17) is 16.3 Å². The molecule has 0 aliphatic heterocycles. The summed E-state index contributed by atoms with van der Waals surface area (Å²) in [5.74, 6) is 0.557. The highest BCUT2D eigenvalue weighted by atomic mass is 35.5. The number of benzene rings is 2. The Balaban J connectivity index is 1.64. The molecule has 0 radical (unpaired) electrons. The molecule has 0 saturated carbocycles. The first-order valence-electron chi connectivity index (χ1n) is 10.8. The standard InChI is InChI=1S/C25H30ClN3O2S/c1-16(2)29(17(3)4)13-14-31-22-8-6-7-21(15-22)28-24(30)23-18(5)27-25(32-23)19-9-11-20(26)12-10-19/h6-12,15-17H,13-14H2,1-5H3,(H,28,30). The molecule has 0 atom stereocenters. The van der Waals surface area contributed by atoms with Crippen LogP contribution in [0.25, 0.3) is 10.6 Å². The van der Waals surface area contributed by atoms with Crippen molar-refractivity contribution in [3.63, 3.8) is 0 Å². The lowest BCUT2D eigenvalue weighted by atomic mass is 10.2. The van der Waals surface area contributed by atoms with Crippen molar-refractivity contribution in [2.24, 2.45) is 0 Å². The smallest absolute Gasteiger partial charge is 0.267 e. The number of thiazole rings is 1. The fourth-order valence-electron chi connectivity index (χ4n) is 3.56. The van der Waals surface area contributed by atoms with Crippen molar-refractivity contribution in [1.29, 1.82) is 0 Å². The summed E-state index contributed by atoms with van der Waals surface area (Å²) in [4.78, 5) is 20.4. The maximum Gasteiger partial charge on any atom is 0.267 e. The van der Waals surface area contributed by atoms with E-state index >= 15 is 0 Å². The van der Waals surface area contributed by atoms with Gasteiger partial charge in [-0.25, -0.2) is 4.98 Å². The summed E-state index contributed by atoms with van der Waals surface area (Å²) in [6.07, 6.45) is 0. The molecule has 2 aromatic carbocycles. The van der Waals surface area contributed by atoms with E-state index in [0.717, 1.165) is 22.9 Å². The van der Waals surface area contributed by atoms with Crippen molar-refractivity contribution in [3.8, 4) is 16.3 Å². The molecule has 32 heavy (non-hydrogen) atoms. The van der Waals surface area contributed by atoms with Crippen LogP contribution >= 0.6 is 22.9 Å². The number of aromatic nitrogens is 1. The minimum absolute atomic E-state index is 0.178. The van der Waals surface area contributed by atoms with Crippen LogP contribution in [0.3, 0.4) is 0 Å². The van der Waals surface area contributed by atoms with Gasteiger partial charge in [-0.15, -0.1) is 11.3 Å². The predicted octanol–water partition coefficient (Wildman–Crippen LogP) is 6.52. The van der Waals surface area contributed by atoms with Crippen LogP contribution in [-0.4, -0.2) is 41.0 Å². The largest absolute Gasteiger partial charge is 0.492 e. The van der Waals surface area contributed by atoms with Gasteiger partial charge in [0.1, 0.15) is 22.2 Å². The number of carbonyl (C=O) groups is 1. The van der Waals surface area contributed by atoms with Crippen LogP contribution < -0.4 is 10.1 Å². The molecule has 0 spiro atoms. The van der Waals surface area contributed by atoms with Gasteiger partial charge in [-0.2, -0.15) is 0 Å². The van der Waals surface area contributed by atoms with Crippen LogP contribution in [0.1, 0.15) is 43.1 Å². The first kappa shape index (κ1) is 24.2. The van der Waals surface area contributed by atoms with Crippen LogP contribution in [0.4, 0.5) is 5.69 Å². The van der Waals surface area contributed by atoms with Crippen LogP contribution in [0, 0.1) is 6.92 Å². The molecular weight excluding hydrogens is 442 g/mol. The number of nitrogens with zero attached hydrogens (tertiary/aromatic N) is 2. The molecule has 1 aromatic heterocycles. The van der Waals surface area contributed by atoms with Gasteiger partial charge in [0.25, 0.3) is 5.91 Å². The highest BCUT2D eigenvalue weighted by Gasteiger charge is 2.17. The van der Waals surface area contributed by atoms with E-state index in [9.17, 15) is 4.79 Å². The number of carbonyl (C=O) groups excluding carboxylic acids is 1. The Kier molecular flexibility index (Phi) is 8.29. The summed E-state index contributed by atoms with van der Waals surface area (Å²) in [6, 6.07) is 15.9. The fraction of sp³-hybridized carbons (Fsp3) is 0.360. The van der Waals surface area contributed by atoms with Gasteiger partial charge >= 0.3 is 0 Å². The van der Waals surface area contributed by atoms with Crippen LogP contribution in [-0.2, 0) is 0 Å². The van der Waals surface area contributed by atoms with E-state index in [0.29, 0.717) is 40.0 Å². The molecule has 3 rings (SSSR count). The zero-order valence-corrected chi connectivity index (χ0v) is 20.8. The monoisotopic (exact) mass is 471 g/mol. The lowest BCUT2D eigenvalue weighted by Crippen LogP contribution is -2.39. The Labute approximate surface area is 199 Å². The van der Waals surface area contributed by atoms with Crippen molar-refractivity contribution in [3.05, 3.63) is 64.1 Å². The molecule has 1 N–H and O–H groups in total. The highest BCUT2D eigenvalue weighted by molar-refractivity contribution is 7.17. The third kappa shape index (κ3) is 6.31. The van der Waals surface area contributed by atoms with E-state index in [-0.39, 0.29) is 5.91 Å². The van der Waals surface area contributed by atoms with E-state index in [1.165, 1.54) is 11.3 Å². The lowest BCUT2D eigenvalue weighted by molar-refractivity contribution is 0.102. The molecule has 3 aromatic rings. The minimum atomic E-state index is -0.178. The van der Waals surface area contributed by atoms with Gasteiger partial charge in [0.15, 0.2) is 0 Å². The number of anilines is 1. The normalized spacial score (nSPS) is 11.4. The van der Waals surface area contributed by atoms with E-state index in [2.05, 4.69) is 42.9 Å². The van der Waals surface area contributed by atoms with Gasteiger partial charge in [0.05, 0.1) is 5.69 Å². The molecular formula is C25H30ClN3O2S. The summed E-state index contributed by atoms with van der Waals surface area (Å²) >= 11 is 7.34. The second-order valence-electron chi connectivity index (χ2n) is 8.20. The number of aryl methyl sites for hydroxylation is 1. The summed E-state index contributed by atoms with van der Waals surface area (Å²) < 4.78 is 5.95. The van der Waals surface area contributed by atoms with E-state index in [1.807, 2.05) is 55.5 Å². The summed E-state index contributed by atoms with van der Waals surface area (Å²) in [7, 11) is 0. The number of hydrogen-bond acceptors (Lipinski definition) is 5. The van der Waals surface area contributed by atoms with Crippen molar-refractivity contribution < 1.29 is 9.53 Å². The highest BCUT2D eigenvalue weighted by Crippen LogP contribution is 2.29. The minimum Gasteiger partial charge on any atom is -0.492 e. The molecule has 0 bridgehead atoms. The average molecular weight is 472 g/mol. The second-order valence-corrected chi connectivity index (χ2v) is 9.63. The molecule has 0 aliphatic rings. The quantitative estimate of drug-likeness (QED) is 0.386. The Hall–Kier alpha value is -2.41. The predicted molar refractivity (Wildman–Crippen MR) is 134 cm³/mol. The topological polar surface area (TPSA) is 54.5 Å². The second kappa shape index (κ2) is 10.9. The van der Waals surface area contributed by atoms with Crippen molar-refractivity contribution >= 4 is 34.5 Å². The van der Waals surface area contributed by atoms with Gasteiger partial charge in [-0.1, -0.05) is 29.8 Å². The fourth-order valence-corrected chi connectivity index (χ4v) is 4.65.